The monoisotopic (exact) mass is 374 g/mol. The Morgan fingerprint density at radius 1 is 0.893 bits per heavy atom. The Hall–Kier alpha value is -3.60. The first kappa shape index (κ1) is 19.2. The second-order valence-corrected chi connectivity index (χ2v) is 6.61. The molecule has 0 saturated carbocycles. The average molecular weight is 374 g/mol. The predicted molar refractivity (Wildman–Crippen MR) is 111 cm³/mol. The maximum atomic E-state index is 11.6. The van der Waals surface area contributed by atoms with Crippen molar-refractivity contribution in [1.82, 2.24) is 0 Å². The van der Waals surface area contributed by atoms with Crippen molar-refractivity contribution in [3.05, 3.63) is 89.0 Å². The van der Waals surface area contributed by atoms with Gasteiger partial charge in [-0.2, -0.15) is 0 Å². The molecule has 0 bridgehead atoms. The molecule has 0 spiro atoms. The molecule has 5 nitrogen and oxygen atoms in total. The molecule has 0 radical (unpaired) electrons. The zero-order valence-electron chi connectivity index (χ0n) is 15.6. The molecular weight excluding hydrogens is 352 g/mol. The van der Waals surface area contributed by atoms with E-state index in [1.54, 1.807) is 30.3 Å². The fourth-order valence-electron chi connectivity index (χ4n) is 3.11. The lowest BCUT2D eigenvalue weighted by atomic mass is 9.99. The molecule has 142 valence electrons. The molecule has 3 rings (SSSR count). The molecule has 0 aliphatic carbocycles. The lowest BCUT2D eigenvalue weighted by molar-refractivity contribution is 0.0697. The summed E-state index contributed by atoms with van der Waals surface area (Å²) in [5.41, 5.74) is 10.9. The van der Waals surface area contributed by atoms with E-state index in [1.807, 2.05) is 36.4 Å². The highest BCUT2D eigenvalue weighted by Gasteiger charge is 2.10. The van der Waals surface area contributed by atoms with Crippen molar-refractivity contribution in [2.45, 2.75) is 19.8 Å². The third kappa shape index (κ3) is 4.38. The van der Waals surface area contributed by atoms with E-state index in [-0.39, 0.29) is 11.3 Å². The summed E-state index contributed by atoms with van der Waals surface area (Å²) in [4.78, 5) is 22.9. The Morgan fingerprint density at radius 2 is 1.57 bits per heavy atom. The van der Waals surface area contributed by atoms with Crippen molar-refractivity contribution in [2.24, 2.45) is 0 Å². The Balaban J connectivity index is 1.68. The van der Waals surface area contributed by atoms with Crippen LogP contribution >= 0.6 is 0 Å². The number of aryl methyl sites for hydroxylation is 2. The maximum absolute atomic E-state index is 11.6. The second-order valence-electron chi connectivity index (χ2n) is 6.61. The zero-order valence-corrected chi connectivity index (χ0v) is 15.6. The molecule has 3 aromatic carbocycles. The summed E-state index contributed by atoms with van der Waals surface area (Å²) in [6.45, 7) is 1.52. The van der Waals surface area contributed by atoms with E-state index in [9.17, 15) is 14.7 Å². The van der Waals surface area contributed by atoms with Crippen LogP contribution in [-0.4, -0.2) is 16.9 Å². The minimum absolute atomic E-state index is 0.0311. The number of benzene rings is 3. The summed E-state index contributed by atoms with van der Waals surface area (Å²) in [5, 5.41) is 12.4. The van der Waals surface area contributed by atoms with Crippen LogP contribution in [0, 0.1) is 0 Å². The largest absolute Gasteiger partial charge is 0.478 e. The Labute approximate surface area is 163 Å². The number of hydrogen-bond donors (Lipinski definition) is 3. The van der Waals surface area contributed by atoms with E-state index in [2.05, 4.69) is 5.32 Å². The number of hydrogen-bond acceptors (Lipinski definition) is 4. The van der Waals surface area contributed by atoms with Gasteiger partial charge in [-0.1, -0.05) is 36.4 Å². The van der Waals surface area contributed by atoms with Crippen LogP contribution in [0.15, 0.2) is 66.7 Å². The van der Waals surface area contributed by atoms with Gasteiger partial charge in [-0.3, -0.25) is 4.79 Å². The van der Waals surface area contributed by atoms with E-state index < -0.39 is 5.97 Å². The van der Waals surface area contributed by atoms with Crippen molar-refractivity contribution >= 4 is 28.8 Å². The van der Waals surface area contributed by atoms with Gasteiger partial charge in [0.25, 0.3) is 0 Å². The van der Waals surface area contributed by atoms with Gasteiger partial charge in [0.1, 0.15) is 0 Å². The molecule has 4 N–H and O–H groups in total. The van der Waals surface area contributed by atoms with Crippen molar-refractivity contribution in [1.29, 1.82) is 0 Å². The number of nitrogens with one attached hydrogen (secondary N) is 1. The zero-order chi connectivity index (χ0) is 20.1. The number of anilines is 3. The Bertz CT molecular complexity index is 1010. The van der Waals surface area contributed by atoms with Gasteiger partial charge in [-0.15, -0.1) is 0 Å². The number of para-hydroxylation sites is 2. The maximum Gasteiger partial charge on any atom is 0.337 e. The minimum Gasteiger partial charge on any atom is -0.478 e. The van der Waals surface area contributed by atoms with Gasteiger partial charge in [0.2, 0.25) is 0 Å². The summed E-state index contributed by atoms with van der Waals surface area (Å²) >= 11 is 0. The van der Waals surface area contributed by atoms with Gasteiger partial charge in [-0.05, 0) is 61.2 Å². The third-order valence-electron chi connectivity index (χ3n) is 4.65. The summed E-state index contributed by atoms with van der Waals surface area (Å²) in [6.07, 6.45) is 1.53. The van der Waals surface area contributed by atoms with Gasteiger partial charge in [0.15, 0.2) is 5.78 Å². The molecule has 0 aliphatic rings. The summed E-state index contributed by atoms with van der Waals surface area (Å²) in [6, 6.07) is 20.2. The topological polar surface area (TPSA) is 92.4 Å². The molecule has 3 aromatic rings. The Kier molecular flexibility index (Phi) is 5.75. The number of carbonyl (C=O) groups excluding carboxylic acids is 1. The first-order valence-corrected chi connectivity index (χ1v) is 9.02. The fraction of sp³-hybridized carbons (Fsp3) is 0.130. The highest BCUT2D eigenvalue weighted by molar-refractivity contribution is 5.99. The number of nitrogens with two attached hydrogens (primary N) is 1. The van der Waals surface area contributed by atoms with Crippen LogP contribution in [0.3, 0.4) is 0 Å². The molecule has 0 aliphatic heterocycles. The molecule has 28 heavy (non-hydrogen) atoms. The van der Waals surface area contributed by atoms with E-state index in [0.717, 1.165) is 29.7 Å². The predicted octanol–water partition coefficient (Wildman–Crippen LogP) is 4.70. The third-order valence-corrected chi connectivity index (χ3v) is 4.65. The van der Waals surface area contributed by atoms with Crippen LogP contribution in [0.1, 0.15) is 38.8 Å². The van der Waals surface area contributed by atoms with Crippen molar-refractivity contribution in [3.63, 3.8) is 0 Å². The highest BCUT2D eigenvalue weighted by Crippen LogP contribution is 2.23. The van der Waals surface area contributed by atoms with Gasteiger partial charge in [-0.25, -0.2) is 4.79 Å². The molecule has 5 heteroatoms. The summed E-state index contributed by atoms with van der Waals surface area (Å²) in [7, 11) is 0. The van der Waals surface area contributed by atoms with Crippen LogP contribution in [0.4, 0.5) is 17.1 Å². The van der Waals surface area contributed by atoms with Crippen molar-refractivity contribution < 1.29 is 14.7 Å². The second kappa shape index (κ2) is 8.39. The molecular formula is C23H22N2O3. The van der Waals surface area contributed by atoms with Crippen LogP contribution in [-0.2, 0) is 12.8 Å². The number of aromatic carboxylic acids is 1. The van der Waals surface area contributed by atoms with E-state index in [4.69, 9.17) is 5.73 Å². The number of rotatable bonds is 7. The van der Waals surface area contributed by atoms with Crippen LogP contribution < -0.4 is 11.1 Å². The first-order valence-electron chi connectivity index (χ1n) is 9.02. The van der Waals surface area contributed by atoms with E-state index in [0.29, 0.717) is 16.9 Å². The SMILES string of the molecule is CC(=O)c1cccc(CCc2ccc(Nc3ccccc3C(=O)O)cc2)c1N. The lowest BCUT2D eigenvalue weighted by Crippen LogP contribution is -2.04. The number of nitrogen functional groups attached to an aromatic ring is 1. The van der Waals surface area contributed by atoms with Gasteiger partial charge < -0.3 is 16.2 Å². The number of ketones is 1. The van der Waals surface area contributed by atoms with Crippen LogP contribution in [0.5, 0.6) is 0 Å². The molecule has 0 saturated heterocycles. The standard InChI is InChI=1S/C23H22N2O3/c1-15(26)19-7-4-5-17(22(19)24)12-9-16-10-13-18(14-11-16)25-21-8-3-2-6-20(21)23(27)28/h2-8,10-11,13-14,25H,9,12,24H2,1H3,(H,27,28). The summed E-state index contributed by atoms with van der Waals surface area (Å²) in [5.74, 6) is -0.999. The van der Waals surface area contributed by atoms with Crippen molar-refractivity contribution in [3.8, 4) is 0 Å². The van der Waals surface area contributed by atoms with E-state index >= 15 is 0 Å². The van der Waals surface area contributed by atoms with Gasteiger partial charge in [0, 0.05) is 16.9 Å². The smallest absolute Gasteiger partial charge is 0.337 e. The normalized spacial score (nSPS) is 10.5. The fourth-order valence-corrected chi connectivity index (χ4v) is 3.11. The van der Waals surface area contributed by atoms with Crippen LogP contribution in [0.25, 0.3) is 0 Å². The van der Waals surface area contributed by atoms with Gasteiger partial charge >= 0.3 is 5.97 Å². The number of Topliss-reactive ketones (excluding diaryl/α,β-unsaturated/α-hetero) is 1. The number of carboxylic acid groups (broad SMARTS) is 1. The summed E-state index contributed by atoms with van der Waals surface area (Å²) < 4.78 is 0. The van der Waals surface area contributed by atoms with Crippen LogP contribution in [0.2, 0.25) is 0 Å². The quantitative estimate of drug-likeness (QED) is 0.412. The molecule has 0 atom stereocenters. The lowest BCUT2D eigenvalue weighted by Gasteiger charge is -2.11. The van der Waals surface area contributed by atoms with E-state index in [1.165, 1.54) is 6.92 Å². The average Bonchev–Trinajstić information content (AvgIpc) is 2.68. The molecule has 0 heterocycles. The number of carbonyl (C=O) groups is 2. The molecule has 0 unspecified atom stereocenters. The van der Waals surface area contributed by atoms with Gasteiger partial charge in [0.05, 0.1) is 11.3 Å². The highest BCUT2D eigenvalue weighted by atomic mass is 16.4. The Morgan fingerprint density at radius 3 is 2.25 bits per heavy atom. The molecule has 0 amide bonds. The minimum atomic E-state index is -0.967. The number of carboxylic acids is 1. The van der Waals surface area contributed by atoms with Crippen molar-refractivity contribution in [2.75, 3.05) is 11.1 Å². The molecule has 0 aromatic heterocycles. The molecule has 0 fully saturated rings. The first-order chi connectivity index (χ1) is 13.5.